The Bertz CT molecular complexity index is 507. The van der Waals surface area contributed by atoms with Gasteiger partial charge in [-0.25, -0.2) is 0 Å². The number of rotatable bonds is 10. The molecule has 8 N–H and O–H groups in total. The van der Waals surface area contributed by atoms with Crippen molar-refractivity contribution in [3.05, 3.63) is 0 Å². The van der Waals surface area contributed by atoms with E-state index in [0.29, 0.717) is 0 Å². The minimum Gasteiger partial charge on any atom is -0.481 e. The number of carboxylic acids is 2. The highest BCUT2D eigenvalue weighted by Gasteiger charge is 2.27. The third kappa shape index (κ3) is 8.65. The molecule has 3 atom stereocenters. The first-order valence-electron chi connectivity index (χ1n) is 6.76. The molecule has 0 aromatic carbocycles. The van der Waals surface area contributed by atoms with Gasteiger partial charge in [-0.1, -0.05) is 0 Å². The van der Waals surface area contributed by atoms with Crippen LogP contribution in [0.1, 0.15) is 13.3 Å². The van der Waals surface area contributed by atoms with E-state index in [1.807, 2.05) is 5.32 Å². The van der Waals surface area contributed by atoms with Crippen molar-refractivity contribution in [2.24, 2.45) is 5.73 Å². The summed E-state index contributed by atoms with van der Waals surface area (Å²) in [4.78, 5) is 55.8. The highest BCUT2D eigenvalue weighted by Crippen LogP contribution is 1.96. The molecule has 0 bridgehead atoms. The molecule has 0 fully saturated rings. The van der Waals surface area contributed by atoms with Gasteiger partial charge >= 0.3 is 11.9 Å². The maximum atomic E-state index is 11.9. The minimum atomic E-state index is -1.52. The second-order valence-electron chi connectivity index (χ2n) is 4.81. The van der Waals surface area contributed by atoms with Gasteiger partial charge in [0.15, 0.2) is 0 Å². The molecule has 24 heavy (non-hydrogen) atoms. The van der Waals surface area contributed by atoms with Gasteiger partial charge in [0.2, 0.25) is 17.7 Å². The molecule has 0 aromatic heterocycles. The number of aliphatic hydroxyl groups excluding tert-OH is 1. The summed E-state index contributed by atoms with van der Waals surface area (Å²) in [6, 6.07) is -2.89. The maximum Gasteiger partial charge on any atom is 0.322 e. The van der Waals surface area contributed by atoms with E-state index in [1.165, 1.54) is 6.92 Å². The summed E-state index contributed by atoms with van der Waals surface area (Å²) >= 11 is 0. The minimum absolute atomic E-state index is 0.611. The van der Waals surface area contributed by atoms with Gasteiger partial charge in [0, 0.05) is 0 Å². The molecule has 0 saturated heterocycles. The molecule has 0 aliphatic rings. The molecule has 12 nitrogen and oxygen atoms in total. The summed E-state index contributed by atoms with van der Waals surface area (Å²) < 4.78 is 0. The zero-order chi connectivity index (χ0) is 18.9. The molecule has 0 aromatic rings. The molecule has 0 spiro atoms. The molecule has 3 unspecified atom stereocenters. The van der Waals surface area contributed by atoms with Crippen molar-refractivity contribution >= 4 is 29.7 Å². The van der Waals surface area contributed by atoms with Crippen molar-refractivity contribution in [1.82, 2.24) is 16.0 Å². The summed E-state index contributed by atoms with van der Waals surface area (Å²) in [5.41, 5.74) is 5.37. The van der Waals surface area contributed by atoms with Crippen LogP contribution in [0.25, 0.3) is 0 Å². The molecular formula is C12H20N4O8. The number of hydrogen-bond donors (Lipinski definition) is 7. The Morgan fingerprint density at radius 3 is 2.00 bits per heavy atom. The van der Waals surface area contributed by atoms with Gasteiger partial charge in [-0.3, -0.25) is 24.0 Å². The summed E-state index contributed by atoms with van der Waals surface area (Å²) in [6.07, 6.45) is -2.00. The Morgan fingerprint density at radius 2 is 1.54 bits per heavy atom. The molecular weight excluding hydrogens is 328 g/mol. The molecule has 136 valence electrons. The number of aliphatic hydroxyl groups is 1. The lowest BCUT2D eigenvalue weighted by Crippen LogP contribution is -2.55. The molecule has 0 saturated carbocycles. The summed E-state index contributed by atoms with van der Waals surface area (Å²) in [5, 5.41) is 32.4. The second kappa shape index (κ2) is 10.1. The monoisotopic (exact) mass is 348 g/mol. The van der Waals surface area contributed by atoms with Crippen molar-refractivity contribution in [3.63, 3.8) is 0 Å². The zero-order valence-electron chi connectivity index (χ0n) is 12.8. The lowest BCUT2D eigenvalue weighted by Gasteiger charge is -2.20. The van der Waals surface area contributed by atoms with E-state index in [-0.39, 0.29) is 0 Å². The molecule has 0 aliphatic carbocycles. The predicted octanol–water partition coefficient (Wildman–Crippen LogP) is -4.03. The van der Waals surface area contributed by atoms with E-state index >= 15 is 0 Å². The molecule has 0 heterocycles. The van der Waals surface area contributed by atoms with E-state index in [9.17, 15) is 29.1 Å². The van der Waals surface area contributed by atoms with E-state index in [0.717, 1.165) is 0 Å². The number of hydrogen-bond acceptors (Lipinski definition) is 7. The first-order valence-corrected chi connectivity index (χ1v) is 6.76. The fourth-order valence-corrected chi connectivity index (χ4v) is 1.40. The highest BCUT2D eigenvalue weighted by atomic mass is 16.4. The topological polar surface area (TPSA) is 208 Å². The van der Waals surface area contributed by atoms with Crippen molar-refractivity contribution in [3.8, 4) is 0 Å². The van der Waals surface area contributed by atoms with E-state index in [4.69, 9.17) is 15.9 Å². The van der Waals surface area contributed by atoms with Gasteiger partial charge in [-0.05, 0) is 6.92 Å². The molecule has 0 rings (SSSR count). The van der Waals surface area contributed by atoms with Crippen LogP contribution in [0, 0.1) is 0 Å². The zero-order valence-corrected chi connectivity index (χ0v) is 12.8. The van der Waals surface area contributed by atoms with Crippen LogP contribution in [0.3, 0.4) is 0 Å². The van der Waals surface area contributed by atoms with E-state index in [1.54, 1.807) is 0 Å². The van der Waals surface area contributed by atoms with Crippen molar-refractivity contribution < 1.29 is 39.3 Å². The number of carbonyl (C=O) groups is 5. The largest absolute Gasteiger partial charge is 0.481 e. The Morgan fingerprint density at radius 1 is 0.958 bits per heavy atom. The van der Waals surface area contributed by atoms with Crippen molar-refractivity contribution in [1.29, 1.82) is 0 Å². The van der Waals surface area contributed by atoms with Crippen LogP contribution in [0.4, 0.5) is 0 Å². The average molecular weight is 348 g/mol. The van der Waals surface area contributed by atoms with E-state index in [2.05, 4.69) is 10.6 Å². The Balaban J connectivity index is 4.66. The Kier molecular flexibility index (Phi) is 8.97. The fraction of sp³-hybridized carbons (Fsp3) is 0.583. The third-order valence-corrected chi connectivity index (χ3v) is 2.69. The number of nitrogens with two attached hydrogens (primary N) is 1. The van der Waals surface area contributed by atoms with Gasteiger partial charge < -0.3 is 37.0 Å². The van der Waals surface area contributed by atoms with Crippen LogP contribution in [0.15, 0.2) is 0 Å². The normalized spacial score (nSPS) is 14.0. The SMILES string of the molecule is CC(O)C(N)C(=O)NC(CC(=O)O)C(=O)NCC(=O)NCC(=O)O. The molecule has 3 amide bonds. The number of nitrogens with one attached hydrogen (secondary N) is 3. The van der Waals surface area contributed by atoms with Crippen LogP contribution in [-0.4, -0.2) is 76.3 Å². The number of amides is 3. The molecule has 0 aliphatic heterocycles. The smallest absolute Gasteiger partial charge is 0.322 e. The van der Waals surface area contributed by atoms with Gasteiger partial charge in [0.1, 0.15) is 18.6 Å². The standard InChI is InChI=1S/C12H20N4O8/c1-5(17)10(13)12(24)16-6(2-8(19)20)11(23)15-3-7(18)14-4-9(21)22/h5-6,10,17H,2-4,13H2,1H3,(H,14,18)(H,15,23)(H,16,24)(H,19,20)(H,21,22). The third-order valence-electron chi connectivity index (χ3n) is 2.69. The first-order chi connectivity index (χ1) is 11.0. The lowest BCUT2D eigenvalue weighted by atomic mass is 10.1. The van der Waals surface area contributed by atoms with Crippen LogP contribution < -0.4 is 21.7 Å². The number of carboxylic acid groups (broad SMARTS) is 2. The summed E-state index contributed by atoms with van der Waals surface area (Å²) in [5.74, 6) is -5.41. The predicted molar refractivity (Wildman–Crippen MR) is 77.5 cm³/mol. The highest BCUT2D eigenvalue weighted by molar-refractivity contribution is 5.94. The van der Waals surface area contributed by atoms with Crippen molar-refractivity contribution in [2.45, 2.75) is 31.5 Å². The van der Waals surface area contributed by atoms with Gasteiger partial charge in [0.25, 0.3) is 0 Å². The van der Waals surface area contributed by atoms with Gasteiger partial charge in [0.05, 0.1) is 19.1 Å². The number of aliphatic carboxylic acids is 2. The van der Waals surface area contributed by atoms with Crippen LogP contribution in [0.5, 0.6) is 0 Å². The quantitative estimate of drug-likeness (QED) is 0.205. The second-order valence-corrected chi connectivity index (χ2v) is 4.81. The average Bonchev–Trinajstić information content (AvgIpc) is 2.48. The van der Waals surface area contributed by atoms with Gasteiger partial charge in [-0.15, -0.1) is 0 Å². The fourth-order valence-electron chi connectivity index (χ4n) is 1.40. The molecule has 12 heteroatoms. The Labute approximate surface area is 136 Å². The maximum absolute atomic E-state index is 11.9. The lowest BCUT2D eigenvalue weighted by molar-refractivity contribution is -0.141. The summed E-state index contributed by atoms with van der Waals surface area (Å²) in [7, 11) is 0. The number of carbonyl (C=O) groups excluding carboxylic acids is 3. The van der Waals surface area contributed by atoms with Gasteiger partial charge in [-0.2, -0.15) is 0 Å². The first kappa shape index (κ1) is 21.3. The van der Waals surface area contributed by atoms with Crippen molar-refractivity contribution in [2.75, 3.05) is 13.1 Å². The van der Waals surface area contributed by atoms with E-state index < -0.39 is 67.4 Å². The van der Waals surface area contributed by atoms with Crippen LogP contribution in [-0.2, 0) is 24.0 Å². The van der Waals surface area contributed by atoms with Crippen LogP contribution in [0.2, 0.25) is 0 Å². The van der Waals surface area contributed by atoms with Crippen LogP contribution >= 0.6 is 0 Å². The Hall–Kier alpha value is -2.73. The summed E-state index contributed by atoms with van der Waals surface area (Å²) in [6.45, 7) is -0.0168. The molecule has 0 radical (unpaired) electrons.